The smallest absolute Gasteiger partial charge is 0.346 e. The molecule has 0 N–H and O–H groups in total. The van der Waals surface area contributed by atoms with E-state index in [0.717, 1.165) is 0 Å². The fourth-order valence-electron chi connectivity index (χ4n) is 1.38. The van der Waals surface area contributed by atoms with Gasteiger partial charge < -0.3 is 9.52 Å². The van der Waals surface area contributed by atoms with Gasteiger partial charge in [0, 0.05) is 6.42 Å². The molecule has 16 heavy (non-hydrogen) atoms. The van der Waals surface area contributed by atoms with E-state index in [4.69, 9.17) is 4.42 Å². The van der Waals surface area contributed by atoms with Crippen molar-refractivity contribution in [2.45, 2.75) is 33.6 Å². The van der Waals surface area contributed by atoms with Gasteiger partial charge in [-0.15, -0.1) is 0 Å². The fourth-order valence-corrected chi connectivity index (χ4v) is 1.38. The largest absolute Gasteiger partial charge is 0.872 e. The number of carbonyl (C=O) groups is 1. The zero-order chi connectivity index (χ0) is 12.3. The van der Waals surface area contributed by atoms with Crippen molar-refractivity contribution < 1.29 is 14.3 Å². The average molecular weight is 223 g/mol. The number of ketones is 1. The Morgan fingerprint density at radius 3 is 2.62 bits per heavy atom. The third kappa shape index (κ3) is 2.95. The molecule has 0 aliphatic carbocycles. The lowest BCUT2D eigenvalue weighted by molar-refractivity contribution is -0.269. The summed E-state index contributed by atoms with van der Waals surface area (Å²) < 4.78 is 4.74. The maximum Gasteiger partial charge on any atom is 0.346 e. The number of hydrogen-bond donors (Lipinski definition) is 0. The van der Waals surface area contributed by atoms with Gasteiger partial charge in [0.05, 0.1) is 5.56 Å². The van der Waals surface area contributed by atoms with E-state index < -0.39 is 17.2 Å². The second-order valence-electron chi connectivity index (χ2n) is 4.24. The first kappa shape index (κ1) is 12.5. The first-order valence-corrected chi connectivity index (χ1v) is 5.26. The van der Waals surface area contributed by atoms with E-state index in [9.17, 15) is 14.7 Å². The van der Waals surface area contributed by atoms with Gasteiger partial charge in [0.25, 0.3) is 0 Å². The molecule has 88 valence electrons. The van der Waals surface area contributed by atoms with Gasteiger partial charge in [-0.05, 0) is 25.3 Å². The highest BCUT2D eigenvalue weighted by atomic mass is 16.4. The summed E-state index contributed by atoms with van der Waals surface area (Å²) in [5, 5.41) is 11.5. The van der Waals surface area contributed by atoms with Gasteiger partial charge in [0.2, 0.25) is 0 Å². The van der Waals surface area contributed by atoms with Crippen LogP contribution in [-0.4, -0.2) is 5.78 Å². The Balaban J connectivity index is 2.96. The predicted octanol–water partition coefficient (Wildman–Crippen LogP) is 1.64. The van der Waals surface area contributed by atoms with E-state index in [-0.39, 0.29) is 17.7 Å². The molecule has 0 unspecified atom stereocenters. The molecule has 1 aromatic heterocycles. The van der Waals surface area contributed by atoms with Crippen LogP contribution in [0.4, 0.5) is 0 Å². The molecule has 1 rings (SSSR count). The summed E-state index contributed by atoms with van der Waals surface area (Å²) in [4.78, 5) is 23.0. The van der Waals surface area contributed by atoms with Crippen molar-refractivity contribution in [1.29, 1.82) is 0 Å². The molecule has 1 aromatic rings. The summed E-state index contributed by atoms with van der Waals surface area (Å²) in [6.45, 7) is 5.46. The van der Waals surface area contributed by atoms with E-state index in [1.54, 1.807) is 0 Å². The van der Waals surface area contributed by atoms with Crippen molar-refractivity contribution in [2.24, 2.45) is 5.92 Å². The molecule has 0 aliphatic rings. The Kier molecular flexibility index (Phi) is 3.88. The standard InChI is InChI=1S/C12H16O4/c1-7(2)4-5-9(13)11-10(14)6-8(3)16-12(11)15/h6-7,14H,4-5H2,1-3H3/p-1. The summed E-state index contributed by atoms with van der Waals surface area (Å²) in [5.74, 6) is -0.373. The second kappa shape index (κ2) is 4.96. The third-order valence-electron chi connectivity index (χ3n) is 2.27. The second-order valence-corrected chi connectivity index (χ2v) is 4.24. The van der Waals surface area contributed by atoms with Crippen LogP contribution in [0, 0.1) is 12.8 Å². The summed E-state index contributed by atoms with van der Waals surface area (Å²) in [6.07, 6.45) is 0.867. The Bertz CT molecular complexity index is 443. The first-order valence-electron chi connectivity index (χ1n) is 5.26. The highest BCUT2D eigenvalue weighted by molar-refractivity contribution is 5.97. The van der Waals surface area contributed by atoms with Crippen LogP contribution in [0.25, 0.3) is 0 Å². The molecule has 0 aromatic carbocycles. The summed E-state index contributed by atoms with van der Waals surface area (Å²) in [6, 6.07) is 1.17. The lowest BCUT2D eigenvalue weighted by Gasteiger charge is -2.11. The molecule has 4 heteroatoms. The van der Waals surface area contributed by atoms with Crippen molar-refractivity contribution in [2.75, 3.05) is 0 Å². The Hall–Kier alpha value is -1.58. The fraction of sp³-hybridized carbons (Fsp3) is 0.500. The molecular formula is C12H15O4-. The molecule has 0 saturated carbocycles. The van der Waals surface area contributed by atoms with Crippen molar-refractivity contribution in [1.82, 2.24) is 0 Å². The van der Waals surface area contributed by atoms with E-state index in [0.29, 0.717) is 12.3 Å². The highest BCUT2D eigenvalue weighted by Gasteiger charge is 2.13. The Morgan fingerprint density at radius 1 is 1.50 bits per heavy atom. The van der Waals surface area contributed by atoms with Gasteiger partial charge in [0.15, 0.2) is 5.78 Å². The molecular weight excluding hydrogens is 208 g/mol. The highest BCUT2D eigenvalue weighted by Crippen LogP contribution is 2.15. The molecule has 0 radical (unpaired) electrons. The summed E-state index contributed by atoms with van der Waals surface area (Å²) in [7, 11) is 0. The van der Waals surface area contributed by atoms with Crippen LogP contribution in [0.2, 0.25) is 0 Å². The number of hydrogen-bond acceptors (Lipinski definition) is 4. The first-order chi connectivity index (χ1) is 7.41. The number of carbonyl (C=O) groups excluding carboxylic acids is 1. The Morgan fingerprint density at radius 2 is 2.12 bits per heavy atom. The molecule has 0 bridgehead atoms. The van der Waals surface area contributed by atoms with Crippen molar-refractivity contribution in [3.8, 4) is 5.75 Å². The molecule has 0 saturated heterocycles. The maximum absolute atomic E-state index is 11.6. The van der Waals surface area contributed by atoms with Gasteiger partial charge >= 0.3 is 5.63 Å². The minimum absolute atomic E-state index is 0.209. The van der Waals surface area contributed by atoms with E-state index in [2.05, 4.69) is 0 Å². The summed E-state index contributed by atoms with van der Waals surface area (Å²) >= 11 is 0. The monoisotopic (exact) mass is 223 g/mol. The minimum Gasteiger partial charge on any atom is -0.872 e. The van der Waals surface area contributed by atoms with Crippen molar-refractivity contribution in [3.63, 3.8) is 0 Å². The Labute approximate surface area is 93.9 Å². The topological polar surface area (TPSA) is 70.3 Å². The number of aryl methyl sites for hydroxylation is 1. The minimum atomic E-state index is -0.821. The predicted molar refractivity (Wildman–Crippen MR) is 57.6 cm³/mol. The molecule has 0 spiro atoms. The van der Waals surface area contributed by atoms with Crippen LogP contribution in [0.5, 0.6) is 5.75 Å². The van der Waals surface area contributed by atoms with Gasteiger partial charge in [0.1, 0.15) is 5.76 Å². The van der Waals surface area contributed by atoms with Crippen molar-refractivity contribution in [3.05, 3.63) is 27.8 Å². The van der Waals surface area contributed by atoms with Gasteiger partial charge in [-0.1, -0.05) is 19.6 Å². The van der Waals surface area contributed by atoms with Crippen LogP contribution in [0.3, 0.4) is 0 Å². The number of rotatable bonds is 4. The van der Waals surface area contributed by atoms with Gasteiger partial charge in [-0.2, -0.15) is 0 Å². The molecule has 1 heterocycles. The SMILES string of the molecule is Cc1cc([O-])c(C(=O)CCC(C)C)c(=O)o1. The van der Waals surface area contributed by atoms with Crippen molar-refractivity contribution >= 4 is 5.78 Å². The van der Waals surface area contributed by atoms with Crippen LogP contribution < -0.4 is 10.7 Å². The normalized spacial score (nSPS) is 10.8. The van der Waals surface area contributed by atoms with E-state index in [1.807, 2.05) is 13.8 Å². The molecule has 0 fully saturated rings. The van der Waals surface area contributed by atoms with Crippen LogP contribution >= 0.6 is 0 Å². The zero-order valence-electron chi connectivity index (χ0n) is 9.70. The van der Waals surface area contributed by atoms with E-state index in [1.165, 1.54) is 13.0 Å². The van der Waals surface area contributed by atoms with Gasteiger partial charge in [-0.25, -0.2) is 4.79 Å². The maximum atomic E-state index is 11.6. The van der Waals surface area contributed by atoms with Crippen LogP contribution in [0.1, 0.15) is 42.8 Å². The molecule has 0 atom stereocenters. The molecule has 4 nitrogen and oxygen atoms in total. The van der Waals surface area contributed by atoms with Crippen LogP contribution in [-0.2, 0) is 0 Å². The van der Waals surface area contributed by atoms with E-state index >= 15 is 0 Å². The van der Waals surface area contributed by atoms with Crippen LogP contribution in [0.15, 0.2) is 15.3 Å². The quantitative estimate of drug-likeness (QED) is 0.727. The number of Topliss-reactive ketones (excluding diaryl/α,β-unsaturated/α-hetero) is 1. The summed E-state index contributed by atoms with van der Waals surface area (Å²) in [5.41, 5.74) is -1.16. The third-order valence-corrected chi connectivity index (χ3v) is 2.27. The molecule has 0 amide bonds. The lowest BCUT2D eigenvalue weighted by atomic mass is 10.0. The lowest BCUT2D eigenvalue weighted by Crippen LogP contribution is -2.18. The average Bonchev–Trinajstić information content (AvgIpc) is 2.12. The zero-order valence-corrected chi connectivity index (χ0v) is 9.70. The molecule has 0 aliphatic heterocycles. The van der Waals surface area contributed by atoms with Gasteiger partial charge in [-0.3, -0.25) is 4.79 Å².